The van der Waals surface area contributed by atoms with Gasteiger partial charge in [-0.1, -0.05) is 23.7 Å². The normalized spacial score (nSPS) is 18.3. The zero-order valence-corrected chi connectivity index (χ0v) is 16.3. The van der Waals surface area contributed by atoms with Crippen LogP contribution >= 0.6 is 11.6 Å². The molecular weight excluding hydrogens is 393 g/mol. The van der Waals surface area contributed by atoms with Gasteiger partial charge in [0.1, 0.15) is 16.5 Å². The van der Waals surface area contributed by atoms with Gasteiger partial charge in [0.15, 0.2) is 5.78 Å². The molecule has 2 aromatic carbocycles. The van der Waals surface area contributed by atoms with Crippen LogP contribution in [-0.2, 0) is 10.0 Å². The van der Waals surface area contributed by atoms with E-state index in [1.807, 2.05) is 0 Å². The molecule has 1 saturated heterocycles. The minimum atomic E-state index is -3.92. The molecule has 0 unspecified atom stereocenters. The summed E-state index contributed by atoms with van der Waals surface area (Å²) in [6.45, 7) is 0.332. The Morgan fingerprint density at radius 3 is 2.70 bits per heavy atom. The first kappa shape index (κ1) is 19.8. The van der Waals surface area contributed by atoms with Crippen LogP contribution in [0, 0.1) is 11.7 Å². The predicted molar refractivity (Wildman–Crippen MR) is 100 cm³/mol. The monoisotopic (exact) mass is 411 g/mol. The maximum Gasteiger partial charge on any atom is 0.244 e. The second-order valence-corrected chi connectivity index (χ2v) is 8.66. The fraction of sp³-hybridized carbons (Fsp3) is 0.316. The fourth-order valence-corrected chi connectivity index (χ4v) is 5.30. The van der Waals surface area contributed by atoms with Crippen molar-refractivity contribution >= 4 is 27.4 Å². The fourth-order valence-electron chi connectivity index (χ4n) is 3.27. The Morgan fingerprint density at radius 2 is 2.00 bits per heavy atom. The summed E-state index contributed by atoms with van der Waals surface area (Å²) in [4.78, 5) is 12.8. The van der Waals surface area contributed by atoms with E-state index in [0.29, 0.717) is 24.2 Å². The van der Waals surface area contributed by atoms with Crippen LogP contribution in [0.15, 0.2) is 47.4 Å². The summed E-state index contributed by atoms with van der Waals surface area (Å²) in [5.41, 5.74) is 0.434. The van der Waals surface area contributed by atoms with Crippen molar-refractivity contribution in [2.24, 2.45) is 5.92 Å². The number of rotatable bonds is 5. The van der Waals surface area contributed by atoms with E-state index in [0.717, 1.165) is 18.2 Å². The van der Waals surface area contributed by atoms with Crippen LogP contribution in [0.25, 0.3) is 0 Å². The molecule has 1 atom stereocenters. The molecule has 144 valence electrons. The number of sulfonamides is 1. The molecule has 0 radical (unpaired) electrons. The molecule has 0 N–H and O–H groups in total. The molecule has 27 heavy (non-hydrogen) atoms. The third-order valence-electron chi connectivity index (χ3n) is 4.64. The highest BCUT2D eigenvalue weighted by Crippen LogP contribution is 2.31. The standard InChI is InChI=1S/C19H19ClFNO4S/c1-26-17-7-3-2-6-15(17)19(23)13-5-4-10-22(12-13)27(24,25)18-9-8-14(21)11-16(18)20/h2-3,6-9,11,13H,4-5,10,12H2,1H3/t13-/m1/s1. The lowest BCUT2D eigenvalue weighted by molar-refractivity contribution is 0.0869. The van der Waals surface area contributed by atoms with Gasteiger partial charge in [0.2, 0.25) is 10.0 Å². The van der Waals surface area contributed by atoms with Gasteiger partial charge in [-0.2, -0.15) is 4.31 Å². The number of hydrogen-bond acceptors (Lipinski definition) is 4. The Kier molecular flexibility index (Phi) is 5.83. The number of methoxy groups -OCH3 is 1. The summed E-state index contributed by atoms with van der Waals surface area (Å²) in [5, 5.41) is -0.173. The lowest BCUT2D eigenvalue weighted by Crippen LogP contribution is -2.42. The van der Waals surface area contributed by atoms with Gasteiger partial charge in [-0.3, -0.25) is 4.79 Å². The van der Waals surface area contributed by atoms with E-state index in [4.69, 9.17) is 16.3 Å². The Labute approximate surface area is 162 Å². The quantitative estimate of drug-likeness (QED) is 0.702. The van der Waals surface area contributed by atoms with E-state index in [2.05, 4.69) is 0 Å². The molecule has 1 aliphatic rings. The van der Waals surface area contributed by atoms with Gasteiger partial charge in [-0.05, 0) is 43.2 Å². The Balaban J connectivity index is 1.86. The van der Waals surface area contributed by atoms with E-state index in [1.165, 1.54) is 11.4 Å². The number of hydrogen-bond donors (Lipinski definition) is 0. The van der Waals surface area contributed by atoms with E-state index < -0.39 is 21.8 Å². The summed E-state index contributed by atoms with van der Waals surface area (Å²) in [6, 6.07) is 10.1. The van der Waals surface area contributed by atoms with Crippen molar-refractivity contribution in [2.75, 3.05) is 20.2 Å². The van der Waals surface area contributed by atoms with Gasteiger partial charge in [0, 0.05) is 19.0 Å². The zero-order valence-electron chi connectivity index (χ0n) is 14.7. The third kappa shape index (κ3) is 4.00. The molecule has 1 heterocycles. The molecule has 1 fully saturated rings. The molecule has 2 aromatic rings. The number of halogens is 2. The van der Waals surface area contributed by atoms with Gasteiger partial charge in [-0.25, -0.2) is 12.8 Å². The number of ether oxygens (including phenoxy) is 1. The summed E-state index contributed by atoms with van der Waals surface area (Å²) >= 11 is 5.94. The first-order valence-corrected chi connectivity index (χ1v) is 10.3. The van der Waals surface area contributed by atoms with Crippen LogP contribution in [-0.4, -0.2) is 38.7 Å². The lowest BCUT2D eigenvalue weighted by atomic mass is 9.90. The van der Waals surface area contributed by atoms with Gasteiger partial charge in [0.05, 0.1) is 17.7 Å². The summed E-state index contributed by atoms with van der Waals surface area (Å²) in [5.74, 6) is -0.785. The third-order valence-corrected chi connectivity index (χ3v) is 6.99. The minimum Gasteiger partial charge on any atom is -0.496 e. The molecular formula is C19H19ClFNO4S. The second-order valence-electron chi connectivity index (χ2n) is 6.34. The van der Waals surface area contributed by atoms with Crippen molar-refractivity contribution in [1.29, 1.82) is 0 Å². The number of carbonyl (C=O) groups is 1. The van der Waals surface area contributed by atoms with E-state index in [-0.39, 0.29) is 28.8 Å². The molecule has 0 aromatic heterocycles. The Morgan fingerprint density at radius 1 is 1.26 bits per heavy atom. The molecule has 0 aliphatic carbocycles. The van der Waals surface area contributed by atoms with E-state index in [9.17, 15) is 17.6 Å². The van der Waals surface area contributed by atoms with Crippen LogP contribution in [0.4, 0.5) is 4.39 Å². The molecule has 5 nitrogen and oxygen atoms in total. The predicted octanol–water partition coefficient (Wildman–Crippen LogP) is 3.77. The molecule has 3 rings (SSSR count). The van der Waals surface area contributed by atoms with Crippen molar-refractivity contribution in [2.45, 2.75) is 17.7 Å². The van der Waals surface area contributed by atoms with Crippen LogP contribution in [0.3, 0.4) is 0 Å². The Bertz CT molecular complexity index is 964. The highest BCUT2D eigenvalue weighted by Gasteiger charge is 2.35. The smallest absolute Gasteiger partial charge is 0.244 e. The van der Waals surface area contributed by atoms with Crippen molar-refractivity contribution in [3.8, 4) is 5.75 Å². The number of para-hydroxylation sites is 1. The molecule has 0 bridgehead atoms. The van der Waals surface area contributed by atoms with Gasteiger partial charge in [-0.15, -0.1) is 0 Å². The topological polar surface area (TPSA) is 63.7 Å². The summed E-state index contributed by atoms with van der Waals surface area (Å²) in [7, 11) is -2.44. The lowest BCUT2D eigenvalue weighted by Gasteiger charge is -2.31. The summed E-state index contributed by atoms with van der Waals surface area (Å²) < 4.78 is 45.6. The van der Waals surface area contributed by atoms with Gasteiger partial charge in [0.25, 0.3) is 0 Å². The average Bonchev–Trinajstić information content (AvgIpc) is 2.67. The van der Waals surface area contributed by atoms with Crippen LogP contribution in [0.5, 0.6) is 5.75 Å². The summed E-state index contributed by atoms with van der Waals surface area (Å²) in [6.07, 6.45) is 1.13. The molecule has 1 aliphatic heterocycles. The molecule has 0 spiro atoms. The Hall–Kier alpha value is -1.96. The number of ketones is 1. The minimum absolute atomic E-state index is 0.0485. The number of piperidine rings is 1. The molecule has 0 saturated carbocycles. The first-order valence-electron chi connectivity index (χ1n) is 8.47. The highest BCUT2D eigenvalue weighted by atomic mass is 35.5. The van der Waals surface area contributed by atoms with E-state index >= 15 is 0 Å². The number of nitrogens with zero attached hydrogens (tertiary/aromatic N) is 1. The number of carbonyl (C=O) groups excluding carboxylic acids is 1. The van der Waals surface area contributed by atoms with Crippen molar-refractivity contribution in [1.82, 2.24) is 4.31 Å². The first-order chi connectivity index (χ1) is 12.8. The molecule has 8 heteroatoms. The van der Waals surface area contributed by atoms with Crippen molar-refractivity contribution < 1.29 is 22.3 Å². The SMILES string of the molecule is COc1ccccc1C(=O)[C@@H]1CCCN(S(=O)(=O)c2ccc(F)cc2Cl)C1. The largest absolute Gasteiger partial charge is 0.496 e. The van der Waals surface area contributed by atoms with Crippen molar-refractivity contribution in [3.05, 3.63) is 58.9 Å². The maximum atomic E-state index is 13.3. The van der Waals surface area contributed by atoms with Crippen LogP contribution in [0.1, 0.15) is 23.2 Å². The molecule has 0 amide bonds. The maximum absolute atomic E-state index is 13.3. The second kappa shape index (κ2) is 7.96. The van der Waals surface area contributed by atoms with Gasteiger partial charge >= 0.3 is 0 Å². The van der Waals surface area contributed by atoms with Crippen LogP contribution < -0.4 is 4.74 Å². The van der Waals surface area contributed by atoms with Crippen molar-refractivity contribution in [3.63, 3.8) is 0 Å². The highest BCUT2D eigenvalue weighted by molar-refractivity contribution is 7.89. The number of benzene rings is 2. The van der Waals surface area contributed by atoms with Gasteiger partial charge < -0.3 is 4.74 Å². The zero-order chi connectivity index (χ0) is 19.6. The number of Topliss-reactive ketones (excluding diaryl/α,β-unsaturated/α-hetero) is 1. The van der Waals surface area contributed by atoms with E-state index in [1.54, 1.807) is 24.3 Å². The van der Waals surface area contributed by atoms with Crippen LogP contribution in [0.2, 0.25) is 5.02 Å². The average molecular weight is 412 g/mol.